The maximum absolute atomic E-state index is 11.6. The highest BCUT2D eigenvalue weighted by Crippen LogP contribution is 2.07. The van der Waals surface area contributed by atoms with E-state index in [2.05, 4.69) is 10.6 Å². The maximum atomic E-state index is 11.6. The summed E-state index contributed by atoms with van der Waals surface area (Å²) in [6, 6.07) is -0.652. The normalized spacial score (nSPS) is 21.3. The molecule has 1 rings (SSSR count). The van der Waals surface area contributed by atoms with Crippen LogP contribution >= 0.6 is 0 Å². The molecule has 1 aliphatic rings. The van der Waals surface area contributed by atoms with E-state index < -0.39 is 12.0 Å². The van der Waals surface area contributed by atoms with Gasteiger partial charge in [-0.2, -0.15) is 0 Å². The zero-order chi connectivity index (χ0) is 12.1. The van der Waals surface area contributed by atoms with Crippen molar-refractivity contribution in [3.63, 3.8) is 0 Å². The second-order valence-corrected chi connectivity index (χ2v) is 4.00. The fourth-order valence-corrected chi connectivity index (χ4v) is 1.57. The Morgan fingerprint density at radius 3 is 2.81 bits per heavy atom. The summed E-state index contributed by atoms with van der Waals surface area (Å²) in [7, 11) is 0. The molecule has 1 saturated heterocycles. The molecule has 0 saturated carbocycles. The number of nitrogens with one attached hydrogen (secondary N) is 2. The van der Waals surface area contributed by atoms with Gasteiger partial charge in [0.15, 0.2) is 0 Å². The summed E-state index contributed by atoms with van der Waals surface area (Å²) in [5, 5.41) is 13.7. The van der Waals surface area contributed by atoms with Crippen molar-refractivity contribution in [1.82, 2.24) is 10.6 Å². The minimum Gasteiger partial charge on any atom is -0.481 e. The van der Waals surface area contributed by atoms with E-state index in [1.807, 2.05) is 0 Å². The van der Waals surface area contributed by atoms with Gasteiger partial charge in [-0.05, 0) is 19.8 Å². The van der Waals surface area contributed by atoms with E-state index in [4.69, 9.17) is 5.11 Å². The zero-order valence-corrected chi connectivity index (χ0v) is 9.16. The van der Waals surface area contributed by atoms with Crippen LogP contribution in [-0.2, 0) is 14.4 Å². The summed E-state index contributed by atoms with van der Waals surface area (Å²) >= 11 is 0. The molecule has 16 heavy (non-hydrogen) atoms. The van der Waals surface area contributed by atoms with Crippen LogP contribution in [0.4, 0.5) is 0 Å². The second-order valence-electron chi connectivity index (χ2n) is 4.00. The van der Waals surface area contributed by atoms with E-state index in [0.29, 0.717) is 19.3 Å². The van der Waals surface area contributed by atoms with E-state index >= 15 is 0 Å². The van der Waals surface area contributed by atoms with Crippen molar-refractivity contribution in [3.05, 3.63) is 0 Å². The number of rotatable bonds is 5. The summed E-state index contributed by atoms with van der Waals surface area (Å²) in [5.74, 6) is -1.22. The fraction of sp³-hybridized carbons (Fsp3) is 0.700. The topological polar surface area (TPSA) is 95.5 Å². The SMILES string of the molecule is CC(CCC(=O)O)NC(=O)C1CCC(=O)N1. The van der Waals surface area contributed by atoms with Crippen molar-refractivity contribution >= 4 is 17.8 Å². The molecule has 0 spiro atoms. The fourth-order valence-electron chi connectivity index (χ4n) is 1.57. The van der Waals surface area contributed by atoms with Crippen LogP contribution in [0.1, 0.15) is 32.6 Å². The maximum Gasteiger partial charge on any atom is 0.303 e. The third kappa shape index (κ3) is 3.88. The Labute approximate surface area is 93.4 Å². The molecule has 90 valence electrons. The van der Waals surface area contributed by atoms with Gasteiger partial charge in [0.05, 0.1) is 0 Å². The Bertz CT molecular complexity index is 303. The first-order chi connectivity index (χ1) is 7.49. The number of carboxylic acids is 1. The summed E-state index contributed by atoms with van der Waals surface area (Å²) in [5.41, 5.74) is 0. The lowest BCUT2D eigenvalue weighted by Gasteiger charge is -2.16. The third-order valence-electron chi connectivity index (χ3n) is 2.49. The predicted octanol–water partition coefficient (Wildman–Crippen LogP) is -0.365. The van der Waals surface area contributed by atoms with Crippen LogP contribution in [0.5, 0.6) is 0 Å². The van der Waals surface area contributed by atoms with E-state index in [9.17, 15) is 14.4 Å². The second kappa shape index (κ2) is 5.48. The summed E-state index contributed by atoms with van der Waals surface area (Å²) < 4.78 is 0. The van der Waals surface area contributed by atoms with Crippen LogP contribution in [-0.4, -0.2) is 35.0 Å². The van der Waals surface area contributed by atoms with Crippen molar-refractivity contribution in [2.24, 2.45) is 0 Å². The molecular formula is C10H16N2O4. The van der Waals surface area contributed by atoms with Crippen molar-refractivity contribution in [2.45, 2.75) is 44.7 Å². The minimum atomic E-state index is -0.879. The first-order valence-electron chi connectivity index (χ1n) is 5.30. The van der Waals surface area contributed by atoms with Crippen LogP contribution in [0.25, 0.3) is 0 Å². The molecule has 0 radical (unpaired) electrons. The van der Waals surface area contributed by atoms with Gasteiger partial charge in [-0.15, -0.1) is 0 Å². The smallest absolute Gasteiger partial charge is 0.303 e. The number of carbonyl (C=O) groups is 3. The van der Waals surface area contributed by atoms with Gasteiger partial charge in [0.2, 0.25) is 11.8 Å². The molecule has 0 bridgehead atoms. The molecule has 6 nitrogen and oxygen atoms in total. The van der Waals surface area contributed by atoms with Gasteiger partial charge in [-0.3, -0.25) is 14.4 Å². The van der Waals surface area contributed by atoms with Gasteiger partial charge < -0.3 is 15.7 Å². The molecule has 0 aromatic rings. The Kier molecular flexibility index (Phi) is 4.28. The lowest BCUT2D eigenvalue weighted by Crippen LogP contribution is -2.45. The number of carboxylic acid groups (broad SMARTS) is 1. The molecular weight excluding hydrogens is 212 g/mol. The average Bonchev–Trinajstić information content (AvgIpc) is 2.62. The van der Waals surface area contributed by atoms with Gasteiger partial charge >= 0.3 is 5.97 Å². The Morgan fingerprint density at radius 2 is 2.31 bits per heavy atom. The summed E-state index contributed by atoms with van der Waals surface area (Å²) in [6.45, 7) is 1.75. The molecule has 1 fully saturated rings. The molecule has 3 N–H and O–H groups in total. The number of hydrogen-bond acceptors (Lipinski definition) is 3. The zero-order valence-electron chi connectivity index (χ0n) is 9.16. The predicted molar refractivity (Wildman–Crippen MR) is 55.6 cm³/mol. The quantitative estimate of drug-likeness (QED) is 0.598. The monoisotopic (exact) mass is 228 g/mol. The van der Waals surface area contributed by atoms with E-state index in [1.54, 1.807) is 6.92 Å². The molecule has 6 heteroatoms. The van der Waals surface area contributed by atoms with Crippen LogP contribution < -0.4 is 10.6 Å². The Hall–Kier alpha value is -1.59. The molecule has 2 unspecified atom stereocenters. The summed E-state index contributed by atoms with van der Waals surface area (Å²) in [4.78, 5) is 32.8. The average molecular weight is 228 g/mol. The first kappa shape index (κ1) is 12.5. The third-order valence-corrected chi connectivity index (χ3v) is 2.49. The lowest BCUT2D eigenvalue weighted by molar-refractivity contribution is -0.137. The number of carbonyl (C=O) groups excluding carboxylic acids is 2. The largest absolute Gasteiger partial charge is 0.481 e. The number of aliphatic carboxylic acids is 1. The standard InChI is InChI=1S/C10H16N2O4/c1-6(2-5-9(14)15)11-10(16)7-3-4-8(13)12-7/h6-7H,2-5H2,1H3,(H,11,16)(H,12,13)(H,14,15). The van der Waals surface area contributed by atoms with Crippen molar-refractivity contribution in [3.8, 4) is 0 Å². The van der Waals surface area contributed by atoms with Gasteiger partial charge in [-0.1, -0.05) is 0 Å². The van der Waals surface area contributed by atoms with Crippen LogP contribution in [0.15, 0.2) is 0 Å². The van der Waals surface area contributed by atoms with Crippen molar-refractivity contribution < 1.29 is 19.5 Å². The highest BCUT2D eigenvalue weighted by Gasteiger charge is 2.27. The molecule has 0 aromatic carbocycles. The molecule has 2 atom stereocenters. The van der Waals surface area contributed by atoms with Gasteiger partial charge in [0, 0.05) is 18.9 Å². The van der Waals surface area contributed by atoms with E-state index in [-0.39, 0.29) is 24.3 Å². The highest BCUT2D eigenvalue weighted by atomic mass is 16.4. The van der Waals surface area contributed by atoms with Gasteiger partial charge in [-0.25, -0.2) is 0 Å². The molecule has 1 heterocycles. The first-order valence-corrected chi connectivity index (χ1v) is 5.30. The van der Waals surface area contributed by atoms with Crippen molar-refractivity contribution in [1.29, 1.82) is 0 Å². The molecule has 1 aliphatic heterocycles. The van der Waals surface area contributed by atoms with E-state index in [1.165, 1.54) is 0 Å². The van der Waals surface area contributed by atoms with E-state index in [0.717, 1.165) is 0 Å². The Balaban J connectivity index is 2.28. The van der Waals surface area contributed by atoms with Crippen LogP contribution in [0.3, 0.4) is 0 Å². The van der Waals surface area contributed by atoms with Gasteiger partial charge in [0.25, 0.3) is 0 Å². The number of hydrogen-bond donors (Lipinski definition) is 3. The minimum absolute atomic E-state index is 0.0263. The lowest BCUT2D eigenvalue weighted by atomic mass is 10.1. The van der Waals surface area contributed by atoms with Crippen LogP contribution in [0, 0.1) is 0 Å². The Morgan fingerprint density at radius 1 is 1.62 bits per heavy atom. The molecule has 2 amide bonds. The summed E-state index contributed by atoms with van der Waals surface area (Å²) in [6.07, 6.45) is 1.30. The van der Waals surface area contributed by atoms with Gasteiger partial charge in [0.1, 0.15) is 6.04 Å². The highest BCUT2D eigenvalue weighted by molar-refractivity contribution is 5.90. The number of amides is 2. The molecule has 0 aliphatic carbocycles. The molecule has 0 aromatic heterocycles. The van der Waals surface area contributed by atoms with Crippen molar-refractivity contribution in [2.75, 3.05) is 0 Å². The van der Waals surface area contributed by atoms with Crippen LogP contribution in [0.2, 0.25) is 0 Å².